The molecule has 11 nitrogen and oxygen atoms in total. The van der Waals surface area contributed by atoms with Crippen LogP contribution in [0.15, 0.2) is 43.0 Å². The van der Waals surface area contributed by atoms with Gasteiger partial charge in [-0.1, -0.05) is 50.8 Å². The summed E-state index contributed by atoms with van der Waals surface area (Å²) in [5.74, 6) is -3.52. The maximum atomic E-state index is 13.6. The van der Waals surface area contributed by atoms with Crippen molar-refractivity contribution >= 4 is 29.5 Å². The first-order chi connectivity index (χ1) is 17.4. The predicted octanol–water partition coefficient (Wildman–Crippen LogP) is -0.370. The molecule has 1 unspecified atom stereocenters. The van der Waals surface area contributed by atoms with E-state index in [1.807, 2.05) is 19.9 Å². The third-order valence-electron chi connectivity index (χ3n) is 5.43. The van der Waals surface area contributed by atoms with Gasteiger partial charge in [0.25, 0.3) is 11.8 Å². The molecule has 0 radical (unpaired) electrons. The van der Waals surface area contributed by atoms with Crippen LogP contribution in [0.1, 0.15) is 39.7 Å². The van der Waals surface area contributed by atoms with Gasteiger partial charge in [0.15, 0.2) is 0 Å². The summed E-state index contributed by atoms with van der Waals surface area (Å²) >= 11 is 0. The lowest BCUT2D eigenvalue weighted by molar-refractivity contribution is -0.151. The summed E-state index contributed by atoms with van der Waals surface area (Å²) < 4.78 is 0. The van der Waals surface area contributed by atoms with Crippen molar-refractivity contribution in [3.8, 4) is 0 Å². The van der Waals surface area contributed by atoms with Crippen molar-refractivity contribution in [3.05, 3.63) is 48.6 Å². The van der Waals surface area contributed by atoms with Crippen LogP contribution in [-0.2, 0) is 30.4 Å². The van der Waals surface area contributed by atoms with E-state index >= 15 is 0 Å². The van der Waals surface area contributed by atoms with E-state index in [-0.39, 0.29) is 31.8 Å². The SMILES string of the molecule is C=CC(=O)N(C(=O)[C@H](CC(C)C)NC(=O)[C@H](Cc1ccccc1)NC(=O)CN)[C@@H](C)C(=O)NCC(C)O. The largest absolute Gasteiger partial charge is 0.392 e. The summed E-state index contributed by atoms with van der Waals surface area (Å²) in [4.78, 5) is 64.9. The van der Waals surface area contributed by atoms with E-state index in [1.165, 1.54) is 13.8 Å². The molecule has 0 saturated heterocycles. The van der Waals surface area contributed by atoms with Gasteiger partial charge in [0.2, 0.25) is 17.7 Å². The minimum Gasteiger partial charge on any atom is -0.392 e. The number of hydrogen-bond donors (Lipinski definition) is 5. The summed E-state index contributed by atoms with van der Waals surface area (Å²) in [6.07, 6.45) is 0.392. The zero-order valence-electron chi connectivity index (χ0n) is 21.9. The smallest absolute Gasteiger partial charge is 0.253 e. The van der Waals surface area contributed by atoms with Crippen LogP contribution >= 0.6 is 0 Å². The summed E-state index contributed by atoms with van der Waals surface area (Å²) in [5, 5.41) is 17.2. The van der Waals surface area contributed by atoms with Crippen LogP contribution in [0.4, 0.5) is 0 Å². The number of nitrogens with zero attached hydrogens (tertiary/aromatic N) is 1. The Morgan fingerprint density at radius 3 is 2.14 bits per heavy atom. The fourth-order valence-electron chi connectivity index (χ4n) is 3.55. The molecule has 1 aromatic carbocycles. The van der Waals surface area contributed by atoms with Gasteiger partial charge in [-0.05, 0) is 37.8 Å². The number of imide groups is 1. The van der Waals surface area contributed by atoms with Crippen molar-refractivity contribution in [2.45, 2.75) is 64.8 Å². The first-order valence-corrected chi connectivity index (χ1v) is 12.2. The van der Waals surface area contributed by atoms with Crippen LogP contribution in [0.25, 0.3) is 0 Å². The Balaban J connectivity index is 3.24. The van der Waals surface area contributed by atoms with Gasteiger partial charge < -0.3 is 26.8 Å². The van der Waals surface area contributed by atoms with Crippen LogP contribution in [0.5, 0.6) is 0 Å². The second-order valence-electron chi connectivity index (χ2n) is 9.23. The fourth-order valence-corrected chi connectivity index (χ4v) is 3.55. The number of aliphatic hydroxyl groups excluding tert-OH is 1. The molecule has 0 aromatic heterocycles. The molecule has 0 bridgehead atoms. The van der Waals surface area contributed by atoms with E-state index in [9.17, 15) is 29.1 Å². The zero-order chi connectivity index (χ0) is 28.1. The van der Waals surface area contributed by atoms with E-state index in [1.54, 1.807) is 24.3 Å². The van der Waals surface area contributed by atoms with Crippen molar-refractivity contribution in [1.29, 1.82) is 0 Å². The van der Waals surface area contributed by atoms with E-state index in [2.05, 4.69) is 22.5 Å². The van der Waals surface area contributed by atoms with E-state index in [0.717, 1.165) is 16.5 Å². The highest BCUT2D eigenvalue weighted by Crippen LogP contribution is 2.13. The van der Waals surface area contributed by atoms with Gasteiger partial charge in [0.05, 0.1) is 12.6 Å². The number of amides is 5. The van der Waals surface area contributed by atoms with Crippen LogP contribution in [0.3, 0.4) is 0 Å². The fraction of sp³-hybridized carbons (Fsp3) is 0.500. The van der Waals surface area contributed by atoms with Crippen LogP contribution in [0.2, 0.25) is 0 Å². The number of carbonyl (C=O) groups excluding carboxylic acids is 5. The Morgan fingerprint density at radius 1 is 1.00 bits per heavy atom. The lowest BCUT2D eigenvalue weighted by atomic mass is 10.00. The van der Waals surface area contributed by atoms with Crippen molar-refractivity contribution in [2.75, 3.05) is 13.1 Å². The average Bonchev–Trinajstić information content (AvgIpc) is 2.86. The molecule has 0 heterocycles. The summed E-state index contributed by atoms with van der Waals surface area (Å²) in [6, 6.07) is 5.56. The maximum absolute atomic E-state index is 13.6. The molecule has 0 aliphatic carbocycles. The van der Waals surface area contributed by atoms with Gasteiger partial charge >= 0.3 is 0 Å². The molecular formula is C26H39N5O6. The quantitative estimate of drug-likeness (QED) is 0.210. The molecule has 1 rings (SSSR count). The van der Waals surface area contributed by atoms with E-state index in [0.29, 0.717) is 0 Å². The minimum atomic E-state index is -1.24. The van der Waals surface area contributed by atoms with Crippen molar-refractivity contribution in [1.82, 2.24) is 20.9 Å². The second kappa shape index (κ2) is 15.5. The topological polar surface area (TPSA) is 171 Å². The molecule has 11 heteroatoms. The van der Waals surface area contributed by atoms with E-state index < -0.39 is 53.8 Å². The molecule has 0 fully saturated rings. The van der Waals surface area contributed by atoms with Gasteiger partial charge in [0, 0.05) is 13.0 Å². The normalized spacial score (nSPS) is 14.0. The Labute approximate surface area is 217 Å². The van der Waals surface area contributed by atoms with Crippen molar-refractivity contribution < 1.29 is 29.1 Å². The van der Waals surface area contributed by atoms with Crippen molar-refractivity contribution in [3.63, 3.8) is 0 Å². The first kappa shape index (κ1) is 31.5. The molecule has 0 aliphatic rings. The number of nitrogens with two attached hydrogens (primary N) is 1. The molecule has 0 spiro atoms. The molecule has 37 heavy (non-hydrogen) atoms. The van der Waals surface area contributed by atoms with Crippen LogP contribution in [0, 0.1) is 5.92 Å². The number of benzene rings is 1. The first-order valence-electron chi connectivity index (χ1n) is 12.2. The maximum Gasteiger partial charge on any atom is 0.253 e. The van der Waals surface area contributed by atoms with Gasteiger partial charge in [-0.3, -0.25) is 28.9 Å². The summed E-state index contributed by atoms with van der Waals surface area (Å²) in [6.45, 7) is 9.54. The highest BCUT2D eigenvalue weighted by Gasteiger charge is 2.36. The Kier molecular flexibility index (Phi) is 13.2. The third kappa shape index (κ3) is 10.5. The van der Waals surface area contributed by atoms with Crippen LogP contribution < -0.4 is 21.7 Å². The number of hydrogen-bond acceptors (Lipinski definition) is 7. The zero-order valence-corrected chi connectivity index (χ0v) is 21.9. The molecular weight excluding hydrogens is 478 g/mol. The number of aliphatic hydroxyl groups is 1. The molecule has 204 valence electrons. The standard InChI is InChI=1S/C26H39N5O6/c1-6-23(34)31(18(5)24(35)28-15-17(4)32)26(37)21(12-16(2)3)30-25(36)20(29-22(33)14-27)13-19-10-8-7-9-11-19/h6-11,16-18,20-21,32H,1,12-15,27H2,2-5H3,(H,28,35)(H,29,33)(H,30,36)/t17?,18-,20-,21-/m0/s1. The Hall–Kier alpha value is -3.57. The summed E-state index contributed by atoms with van der Waals surface area (Å²) in [7, 11) is 0. The molecule has 0 aliphatic heterocycles. The highest BCUT2D eigenvalue weighted by molar-refractivity contribution is 6.07. The number of carbonyl (C=O) groups is 5. The third-order valence-corrected chi connectivity index (χ3v) is 5.43. The highest BCUT2D eigenvalue weighted by atomic mass is 16.3. The molecule has 1 aromatic rings. The van der Waals surface area contributed by atoms with Gasteiger partial charge in [0.1, 0.15) is 18.1 Å². The van der Waals surface area contributed by atoms with Crippen LogP contribution in [-0.4, -0.2) is 76.9 Å². The monoisotopic (exact) mass is 517 g/mol. The lowest BCUT2D eigenvalue weighted by Gasteiger charge is -2.31. The average molecular weight is 518 g/mol. The van der Waals surface area contributed by atoms with Gasteiger partial charge in [-0.25, -0.2) is 0 Å². The Morgan fingerprint density at radius 2 is 1.62 bits per heavy atom. The predicted molar refractivity (Wildman–Crippen MR) is 139 cm³/mol. The number of nitrogens with one attached hydrogen (secondary N) is 3. The van der Waals surface area contributed by atoms with Crippen molar-refractivity contribution in [2.24, 2.45) is 11.7 Å². The van der Waals surface area contributed by atoms with E-state index in [4.69, 9.17) is 5.73 Å². The Bertz CT molecular complexity index is 950. The molecule has 0 saturated carbocycles. The molecule has 5 amide bonds. The minimum absolute atomic E-state index is 0.0678. The second-order valence-corrected chi connectivity index (χ2v) is 9.23. The van der Waals surface area contributed by atoms with Gasteiger partial charge in [-0.2, -0.15) is 0 Å². The molecule has 4 atom stereocenters. The lowest BCUT2D eigenvalue weighted by Crippen LogP contribution is -2.59. The van der Waals surface area contributed by atoms with Gasteiger partial charge in [-0.15, -0.1) is 0 Å². The molecule has 6 N–H and O–H groups in total. The summed E-state index contributed by atoms with van der Waals surface area (Å²) in [5.41, 5.74) is 6.19. The number of rotatable bonds is 14.